The van der Waals surface area contributed by atoms with E-state index < -0.39 is 6.09 Å². The Morgan fingerprint density at radius 1 is 1.53 bits per heavy atom. The van der Waals surface area contributed by atoms with Crippen molar-refractivity contribution in [2.45, 2.75) is 13.0 Å². The van der Waals surface area contributed by atoms with E-state index in [0.717, 1.165) is 15.6 Å². The van der Waals surface area contributed by atoms with Crippen LogP contribution in [0.2, 0.25) is 0 Å². The fourth-order valence-corrected chi connectivity index (χ4v) is 2.39. The molecule has 0 saturated heterocycles. The van der Waals surface area contributed by atoms with Crippen molar-refractivity contribution >= 4 is 27.7 Å². The molecular formula is C10H10BrNO3. The average molecular weight is 272 g/mol. The number of nitrogens with zero attached hydrogens (tertiary/aromatic N) is 1. The van der Waals surface area contributed by atoms with Crippen LogP contribution < -0.4 is 4.90 Å². The van der Waals surface area contributed by atoms with Gasteiger partial charge in [0.1, 0.15) is 0 Å². The summed E-state index contributed by atoms with van der Waals surface area (Å²) >= 11 is 3.34. The zero-order valence-electron chi connectivity index (χ0n) is 7.90. The van der Waals surface area contributed by atoms with Crippen molar-refractivity contribution in [3.05, 3.63) is 27.7 Å². The molecule has 0 aromatic heterocycles. The van der Waals surface area contributed by atoms with Gasteiger partial charge in [0.05, 0.1) is 12.3 Å². The Labute approximate surface area is 95.3 Å². The third kappa shape index (κ3) is 1.61. The number of carbonyl (C=O) groups is 1. The molecule has 2 N–H and O–H groups in total. The van der Waals surface area contributed by atoms with Crippen molar-refractivity contribution in [2.24, 2.45) is 0 Å². The summed E-state index contributed by atoms with van der Waals surface area (Å²) in [5.41, 5.74) is 2.40. The third-order valence-electron chi connectivity index (χ3n) is 2.61. The van der Waals surface area contributed by atoms with Gasteiger partial charge in [0.25, 0.3) is 0 Å². The lowest BCUT2D eigenvalue weighted by Gasteiger charge is -2.13. The molecule has 15 heavy (non-hydrogen) atoms. The first-order valence-electron chi connectivity index (χ1n) is 4.56. The van der Waals surface area contributed by atoms with E-state index in [-0.39, 0.29) is 6.61 Å². The van der Waals surface area contributed by atoms with Crippen LogP contribution in [-0.2, 0) is 13.0 Å². The van der Waals surface area contributed by atoms with Gasteiger partial charge < -0.3 is 10.2 Å². The van der Waals surface area contributed by atoms with Crippen LogP contribution in [0.15, 0.2) is 16.6 Å². The Morgan fingerprint density at radius 3 is 2.87 bits per heavy atom. The second-order valence-electron chi connectivity index (χ2n) is 3.37. The summed E-state index contributed by atoms with van der Waals surface area (Å²) in [7, 11) is 0. The molecule has 0 radical (unpaired) electrons. The molecule has 1 amide bonds. The molecule has 1 aromatic carbocycles. The normalized spacial score (nSPS) is 14.1. The Balaban J connectivity index is 2.53. The fraction of sp³-hybridized carbons (Fsp3) is 0.300. The molecule has 1 aliphatic rings. The highest BCUT2D eigenvalue weighted by Gasteiger charge is 2.26. The molecule has 2 rings (SSSR count). The first-order valence-corrected chi connectivity index (χ1v) is 5.36. The van der Waals surface area contributed by atoms with E-state index in [2.05, 4.69) is 15.9 Å². The van der Waals surface area contributed by atoms with E-state index >= 15 is 0 Å². The highest BCUT2D eigenvalue weighted by Crippen LogP contribution is 2.34. The Bertz CT molecular complexity index is 419. The lowest BCUT2D eigenvalue weighted by molar-refractivity contribution is 0.202. The molecule has 0 bridgehead atoms. The first kappa shape index (κ1) is 10.4. The van der Waals surface area contributed by atoms with E-state index in [1.807, 2.05) is 0 Å². The number of halogens is 1. The molecule has 0 aliphatic carbocycles. The maximum Gasteiger partial charge on any atom is 0.411 e. The van der Waals surface area contributed by atoms with Gasteiger partial charge in [0.15, 0.2) is 0 Å². The minimum atomic E-state index is -0.944. The summed E-state index contributed by atoms with van der Waals surface area (Å²) in [6.07, 6.45) is -0.281. The minimum absolute atomic E-state index is 0.0722. The van der Waals surface area contributed by atoms with Gasteiger partial charge in [-0.15, -0.1) is 0 Å². The maximum atomic E-state index is 10.9. The van der Waals surface area contributed by atoms with Crippen molar-refractivity contribution < 1.29 is 15.0 Å². The van der Waals surface area contributed by atoms with Crippen LogP contribution >= 0.6 is 15.9 Å². The largest absolute Gasteiger partial charge is 0.465 e. The van der Waals surface area contributed by atoms with Crippen LogP contribution in [0.1, 0.15) is 11.1 Å². The number of aliphatic hydroxyl groups is 1. The van der Waals surface area contributed by atoms with Gasteiger partial charge >= 0.3 is 6.09 Å². The minimum Gasteiger partial charge on any atom is -0.465 e. The first-order chi connectivity index (χ1) is 7.15. The molecule has 0 spiro atoms. The molecule has 0 fully saturated rings. The second-order valence-corrected chi connectivity index (χ2v) is 4.22. The van der Waals surface area contributed by atoms with E-state index in [9.17, 15) is 9.90 Å². The number of benzene rings is 1. The molecule has 0 atom stereocenters. The van der Waals surface area contributed by atoms with E-state index in [1.165, 1.54) is 4.90 Å². The monoisotopic (exact) mass is 271 g/mol. The number of rotatable bonds is 1. The lowest BCUT2D eigenvalue weighted by Crippen LogP contribution is -2.26. The highest BCUT2D eigenvalue weighted by atomic mass is 79.9. The summed E-state index contributed by atoms with van der Waals surface area (Å²) < 4.78 is 0.830. The summed E-state index contributed by atoms with van der Waals surface area (Å²) in [6, 6.07) is 3.53. The topological polar surface area (TPSA) is 60.8 Å². The summed E-state index contributed by atoms with van der Waals surface area (Å²) in [5, 5.41) is 18.2. The van der Waals surface area contributed by atoms with E-state index in [0.29, 0.717) is 18.7 Å². The summed E-state index contributed by atoms with van der Waals surface area (Å²) in [5.74, 6) is 0. The predicted octanol–water partition coefficient (Wildman–Crippen LogP) is 1.98. The molecule has 1 aromatic rings. The van der Waals surface area contributed by atoms with Crippen LogP contribution in [0.4, 0.5) is 10.5 Å². The third-order valence-corrected chi connectivity index (χ3v) is 3.36. The number of amides is 1. The standard InChI is InChI=1S/C10H10BrNO3/c11-8-1-2-9-6(7(8)5-13)3-4-12(9)10(14)15/h1-2,13H,3-5H2,(H,14,15). The quantitative estimate of drug-likeness (QED) is 0.821. The molecule has 5 heteroatoms. The lowest BCUT2D eigenvalue weighted by atomic mass is 10.1. The Morgan fingerprint density at radius 2 is 2.27 bits per heavy atom. The van der Waals surface area contributed by atoms with Crippen molar-refractivity contribution in [2.75, 3.05) is 11.4 Å². The van der Waals surface area contributed by atoms with Crippen LogP contribution in [0.5, 0.6) is 0 Å². The SMILES string of the molecule is O=C(O)N1CCc2c1ccc(Br)c2CO. The van der Waals surface area contributed by atoms with Gasteiger partial charge in [-0.05, 0) is 29.7 Å². The zero-order chi connectivity index (χ0) is 11.0. The van der Waals surface area contributed by atoms with Crippen molar-refractivity contribution in [1.29, 1.82) is 0 Å². The van der Waals surface area contributed by atoms with Crippen molar-refractivity contribution in [3.63, 3.8) is 0 Å². The van der Waals surface area contributed by atoms with Crippen LogP contribution in [0.3, 0.4) is 0 Å². The van der Waals surface area contributed by atoms with Crippen LogP contribution in [0, 0.1) is 0 Å². The molecule has 0 unspecified atom stereocenters. The van der Waals surface area contributed by atoms with Crippen molar-refractivity contribution in [1.82, 2.24) is 0 Å². The number of carboxylic acid groups (broad SMARTS) is 1. The zero-order valence-corrected chi connectivity index (χ0v) is 9.49. The van der Waals surface area contributed by atoms with Gasteiger partial charge in [-0.1, -0.05) is 15.9 Å². The number of fused-ring (bicyclic) bond motifs is 1. The van der Waals surface area contributed by atoms with E-state index in [4.69, 9.17) is 5.11 Å². The molecular weight excluding hydrogens is 262 g/mol. The van der Waals surface area contributed by atoms with Crippen LogP contribution in [0.25, 0.3) is 0 Å². The second kappa shape index (κ2) is 3.83. The fourth-order valence-electron chi connectivity index (χ4n) is 1.90. The van der Waals surface area contributed by atoms with Gasteiger partial charge in [-0.25, -0.2) is 4.79 Å². The van der Waals surface area contributed by atoms with Gasteiger partial charge in [0.2, 0.25) is 0 Å². The number of hydrogen-bond acceptors (Lipinski definition) is 2. The van der Waals surface area contributed by atoms with Gasteiger partial charge in [-0.2, -0.15) is 0 Å². The molecule has 4 nitrogen and oxygen atoms in total. The Hall–Kier alpha value is -1.07. The highest BCUT2D eigenvalue weighted by molar-refractivity contribution is 9.10. The Kier molecular flexibility index (Phi) is 2.67. The molecule has 0 saturated carbocycles. The van der Waals surface area contributed by atoms with E-state index in [1.54, 1.807) is 12.1 Å². The number of aliphatic hydroxyl groups excluding tert-OH is 1. The molecule has 1 heterocycles. The summed E-state index contributed by atoms with van der Waals surface area (Å²) in [4.78, 5) is 12.2. The number of anilines is 1. The number of hydrogen-bond donors (Lipinski definition) is 2. The average Bonchev–Trinajstić information content (AvgIpc) is 2.61. The van der Waals surface area contributed by atoms with Crippen LogP contribution in [-0.4, -0.2) is 22.9 Å². The van der Waals surface area contributed by atoms with Gasteiger partial charge in [0, 0.05) is 11.0 Å². The van der Waals surface area contributed by atoms with Gasteiger partial charge in [-0.3, -0.25) is 4.90 Å². The van der Waals surface area contributed by atoms with Crippen molar-refractivity contribution in [3.8, 4) is 0 Å². The predicted molar refractivity (Wildman–Crippen MR) is 59.1 cm³/mol. The smallest absolute Gasteiger partial charge is 0.411 e. The molecule has 80 valence electrons. The summed E-state index contributed by atoms with van der Waals surface area (Å²) in [6.45, 7) is 0.394. The molecule has 1 aliphatic heterocycles. The maximum absolute atomic E-state index is 10.9.